The van der Waals surface area contributed by atoms with Crippen molar-refractivity contribution in [1.29, 1.82) is 0 Å². The van der Waals surface area contributed by atoms with Crippen molar-refractivity contribution >= 4 is 5.91 Å². The number of piperidine rings is 1. The summed E-state index contributed by atoms with van der Waals surface area (Å²) in [4.78, 5) is 14.7. The zero-order valence-electron chi connectivity index (χ0n) is 14.3. The van der Waals surface area contributed by atoms with Crippen LogP contribution in [0.15, 0.2) is 24.3 Å². The van der Waals surface area contributed by atoms with Gasteiger partial charge in [-0.05, 0) is 68.9 Å². The standard InChI is InChI=1S/C19H28FN3O/c20-18-5-1-3-16(11-18)13-23-10-2-4-17(14-23)19(24)22-9-7-15-6-8-21-12-15/h1,3,5,11,15,17,21H,2,4,6-10,12-14H2,(H,22,24). The summed E-state index contributed by atoms with van der Waals surface area (Å²) in [7, 11) is 0. The zero-order chi connectivity index (χ0) is 16.8. The van der Waals surface area contributed by atoms with Gasteiger partial charge in [0, 0.05) is 19.6 Å². The van der Waals surface area contributed by atoms with E-state index in [0.29, 0.717) is 5.92 Å². The Hall–Kier alpha value is -1.46. The van der Waals surface area contributed by atoms with E-state index < -0.39 is 0 Å². The molecule has 0 aliphatic carbocycles. The molecule has 2 saturated heterocycles. The van der Waals surface area contributed by atoms with Crippen LogP contribution in [0.2, 0.25) is 0 Å². The van der Waals surface area contributed by atoms with E-state index >= 15 is 0 Å². The summed E-state index contributed by atoms with van der Waals surface area (Å²) in [5.41, 5.74) is 0.977. The highest BCUT2D eigenvalue weighted by Crippen LogP contribution is 2.19. The molecule has 2 aliphatic rings. The molecule has 4 nitrogen and oxygen atoms in total. The molecule has 132 valence electrons. The number of nitrogens with zero attached hydrogens (tertiary/aromatic N) is 1. The molecule has 0 aromatic heterocycles. The molecule has 2 fully saturated rings. The molecule has 0 saturated carbocycles. The van der Waals surface area contributed by atoms with Crippen LogP contribution in [0.5, 0.6) is 0 Å². The number of amides is 1. The second-order valence-corrected chi connectivity index (χ2v) is 7.14. The number of likely N-dealkylation sites (tertiary alicyclic amines) is 1. The van der Waals surface area contributed by atoms with Gasteiger partial charge in [-0.2, -0.15) is 0 Å². The van der Waals surface area contributed by atoms with Crippen LogP contribution in [0.25, 0.3) is 0 Å². The molecule has 1 aromatic rings. The van der Waals surface area contributed by atoms with Crippen molar-refractivity contribution in [2.45, 2.75) is 32.2 Å². The van der Waals surface area contributed by atoms with E-state index in [2.05, 4.69) is 15.5 Å². The van der Waals surface area contributed by atoms with Crippen LogP contribution in [0.4, 0.5) is 4.39 Å². The van der Waals surface area contributed by atoms with Crippen molar-refractivity contribution in [2.24, 2.45) is 11.8 Å². The molecule has 0 radical (unpaired) electrons. The molecule has 2 unspecified atom stereocenters. The Kier molecular flexibility index (Phi) is 6.21. The molecular formula is C19H28FN3O. The van der Waals surface area contributed by atoms with E-state index in [-0.39, 0.29) is 17.6 Å². The largest absolute Gasteiger partial charge is 0.356 e. The Bertz CT molecular complexity index is 545. The van der Waals surface area contributed by atoms with E-state index in [1.165, 1.54) is 12.5 Å². The van der Waals surface area contributed by atoms with Crippen molar-refractivity contribution in [2.75, 3.05) is 32.7 Å². The van der Waals surface area contributed by atoms with Gasteiger partial charge < -0.3 is 10.6 Å². The first-order valence-electron chi connectivity index (χ1n) is 9.16. The zero-order valence-corrected chi connectivity index (χ0v) is 14.3. The third kappa shape index (κ3) is 5.02. The summed E-state index contributed by atoms with van der Waals surface area (Å²) < 4.78 is 13.3. The van der Waals surface area contributed by atoms with Gasteiger partial charge in [-0.1, -0.05) is 12.1 Å². The van der Waals surface area contributed by atoms with Crippen molar-refractivity contribution in [3.8, 4) is 0 Å². The lowest BCUT2D eigenvalue weighted by Gasteiger charge is -2.32. The van der Waals surface area contributed by atoms with Crippen molar-refractivity contribution in [3.05, 3.63) is 35.6 Å². The number of halogens is 1. The minimum Gasteiger partial charge on any atom is -0.356 e. The van der Waals surface area contributed by atoms with Crippen LogP contribution in [0.1, 0.15) is 31.2 Å². The lowest BCUT2D eigenvalue weighted by atomic mass is 9.96. The maximum absolute atomic E-state index is 13.3. The Morgan fingerprint density at radius 3 is 3.08 bits per heavy atom. The molecule has 0 spiro atoms. The average Bonchev–Trinajstić information content (AvgIpc) is 3.08. The van der Waals surface area contributed by atoms with Gasteiger partial charge in [-0.15, -0.1) is 0 Å². The topological polar surface area (TPSA) is 44.4 Å². The number of carbonyl (C=O) groups is 1. The number of nitrogens with one attached hydrogen (secondary N) is 2. The molecule has 2 N–H and O–H groups in total. The Morgan fingerprint density at radius 2 is 2.29 bits per heavy atom. The lowest BCUT2D eigenvalue weighted by molar-refractivity contribution is -0.126. The van der Waals surface area contributed by atoms with Gasteiger partial charge >= 0.3 is 0 Å². The fourth-order valence-corrected chi connectivity index (χ4v) is 3.81. The molecule has 2 aliphatic heterocycles. The van der Waals surface area contributed by atoms with Crippen molar-refractivity contribution < 1.29 is 9.18 Å². The van der Waals surface area contributed by atoms with E-state index in [1.807, 2.05) is 6.07 Å². The van der Waals surface area contributed by atoms with Crippen LogP contribution < -0.4 is 10.6 Å². The molecule has 5 heteroatoms. The number of hydrogen-bond donors (Lipinski definition) is 2. The maximum atomic E-state index is 13.3. The van der Waals surface area contributed by atoms with Crippen LogP contribution in [0.3, 0.4) is 0 Å². The number of rotatable bonds is 6. The molecule has 2 heterocycles. The Labute approximate surface area is 143 Å². The van der Waals surface area contributed by atoms with Crippen LogP contribution >= 0.6 is 0 Å². The molecular weight excluding hydrogens is 305 g/mol. The van der Waals surface area contributed by atoms with E-state index in [0.717, 1.165) is 64.1 Å². The minimum atomic E-state index is -0.194. The molecule has 1 aromatic carbocycles. The van der Waals surface area contributed by atoms with Crippen molar-refractivity contribution in [1.82, 2.24) is 15.5 Å². The SMILES string of the molecule is O=C(NCCC1CCNC1)C1CCCN(Cc2cccc(F)c2)C1. The monoisotopic (exact) mass is 333 g/mol. The lowest BCUT2D eigenvalue weighted by Crippen LogP contribution is -2.43. The van der Waals surface area contributed by atoms with Crippen molar-refractivity contribution in [3.63, 3.8) is 0 Å². The molecule has 24 heavy (non-hydrogen) atoms. The second-order valence-electron chi connectivity index (χ2n) is 7.14. The summed E-state index contributed by atoms with van der Waals surface area (Å²) >= 11 is 0. The van der Waals surface area contributed by atoms with E-state index in [4.69, 9.17) is 0 Å². The Balaban J connectivity index is 1.43. The number of hydrogen-bond acceptors (Lipinski definition) is 3. The van der Waals surface area contributed by atoms with Gasteiger partial charge in [0.2, 0.25) is 5.91 Å². The van der Waals surface area contributed by atoms with Crippen LogP contribution in [-0.4, -0.2) is 43.5 Å². The van der Waals surface area contributed by atoms with Gasteiger partial charge in [0.05, 0.1) is 5.92 Å². The summed E-state index contributed by atoms with van der Waals surface area (Å²) in [5, 5.41) is 6.48. The highest BCUT2D eigenvalue weighted by Gasteiger charge is 2.26. The molecule has 1 amide bonds. The van der Waals surface area contributed by atoms with E-state index in [9.17, 15) is 9.18 Å². The smallest absolute Gasteiger partial charge is 0.224 e. The predicted molar refractivity (Wildman–Crippen MR) is 93.0 cm³/mol. The van der Waals surface area contributed by atoms with Gasteiger partial charge in [0.1, 0.15) is 5.82 Å². The third-order valence-corrected chi connectivity index (χ3v) is 5.19. The number of benzene rings is 1. The normalized spacial score (nSPS) is 24.9. The third-order valence-electron chi connectivity index (χ3n) is 5.19. The molecule has 0 bridgehead atoms. The van der Waals surface area contributed by atoms with Gasteiger partial charge in [-0.3, -0.25) is 9.69 Å². The van der Waals surface area contributed by atoms with Crippen LogP contribution in [0, 0.1) is 17.7 Å². The quantitative estimate of drug-likeness (QED) is 0.838. The first-order chi connectivity index (χ1) is 11.7. The van der Waals surface area contributed by atoms with Gasteiger partial charge in [-0.25, -0.2) is 4.39 Å². The van der Waals surface area contributed by atoms with E-state index in [1.54, 1.807) is 12.1 Å². The maximum Gasteiger partial charge on any atom is 0.224 e. The first-order valence-corrected chi connectivity index (χ1v) is 9.16. The summed E-state index contributed by atoms with van der Waals surface area (Å²) in [6, 6.07) is 6.74. The second kappa shape index (κ2) is 8.58. The summed E-state index contributed by atoms with van der Waals surface area (Å²) in [6.45, 7) is 5.44. The molecule has 2 atom stereocenters. The number of carbonyl (C=O) groups excluding carboxylic acids is 1. The average molecular weight is 333 g/mol. The van der Waals surface area contributed by atoms with Gasteiger partial charge in [0.15, 0.2) is 0 Å². The van der Waals surface area contributed by atoms with Gasteiger partial charge in [0.25, 0.3) is 0 Å². The highest BCUT2D eigenvalue weighted by molar-refractivity contribution is 5.78. The van der Waals surface area contributed by atoms with Crippen LogP contribution in [-0.2, 0) is 11.3 Å². The molecule has 3 rings (SSSR count). The summed E-state index contributed by atoms with van der Waals surface area (Å²) in [5.74, 6) is 0.764. The highest BCUT2D eigenvalue weighted by atomic mass is 19.1. The fourth-order valence-electron chi connectivity index (χ4n) is 3.81. The fraction of sp³-hybridized carbons (Fsp3) is 0.632. The first kappa shape index (κ1) is 17.4. The predicted octanol–water partition coefficient (Wildman–Crippen LogP) is 2.15. The summed E-state index contributed by atoms with van der Waals surface area (Å²) in [6.07, 6.45) is 4.27. The minimum absolute atomic E-state index is 0.0639. The Morgan fingerprint density at radius 1 is 1.38 bits per heavy atom.